The molecule has 1 spiro atoms. The maximum absolute atomic E-state index is 14.6. The fourth-order valence-electron chi connectivity index (χ4n) is 4.02. The van der Waals surface area contributed by atoms with Crippen LogP contribution >= 0.6 is 11.6 Å². The SMILES string of the molecule is O=C(c1ccc2c(c1)C1(OCCCO1)C(=O)N2c1cc(F)ccc1F)c1ccccc1Cl. The molecule has 2 aliphatic rings. The molecule has 5 nitrogen and oxygen atoms in total. The van der Waals surface area contributed by atoms with E-state index in [-0.39, 0.29) is 46.5 Å². The third kappa shape index (κ3) is 3.12. The van der Waals surface area contributed by atoms with Gasteiger partial charge in [0.25, 0.3) is 11.7 Å². The Balaban J connectivity index is 1.68. The summed E-state index contributed by atoms with van der Waals surface area (Å²) in [6.07, 6.45) is 0.566. The first-order valence-corrected chi connectivity index (χ1v) is 10.3. The van der Waals surface area contributed by atoms with Crippen molar-refractivity contribution in [3.63, 3.8) is 0 Å². The summed E-state index contributed by atoms with van der Waals surface area (Å²) in [7, 11) is 0. The first-order valence-electron chi connectivity index (χ1n) is 9.94. The number of hydrogen-bond acceptors (Lipinski definition) is 4. The number of rotatable bonds is 3. The molecule has 3 aromatic rings. The van der Waals surface area contributed by atoms with Crippen LogP contribution in [0.15, 0.2) is 60.7 Å². The Morgan fingerprint density at radius 1 is 0.969 bits per heavy atom. The zero-order valence-electron chi connectivity index (χ0n) is 16.6. The molecule has 2 heterocycles. The Morgan fingerprint density at radius 3 is 2.47 bits per heavy atom. The van der Waals surface area contributed by atoms with Gasteiger partial charge < -0.3 is 9.47 Å². The largest absolute Gasteiger partial charge is 0.338 e. The summed E-state index contributed by atoms with van der Waals surface area (Å²) in [4.78, 5) is 27.6. The molecule has 8 heteroatoms. The highest BCUT2D eigenvalue weighted by molar-refractivity contribution is 6.35. The zero-order valence-corrected chi connectivity index (χ0v) is 17.4. The molecule has 0 radical (unpaired) electrons. The zero-order chi connectivity index (χ0) is 22.5. The van der Waals surface area contributed by atoms with Gasteiger partial charge in [-0.1, -0.05) is 23.7 Å². The summed E-state index contributed by atoms with van der Waals surface area (Å²) in [6, 6.07) is 13.9. The van der Waals surface area contributed by atoms with E-state index in [1.807, 2.05) is 0 Å². The Morgan fingerprint density at radius 2 is 1.72 bits per heavy atom. The standard InChI is InChI=1S/C24H16ClF2NO4/c25-18-5-2-1-4-16(18)22(29)14-6-9-20-17(12-14)24(31-10-3-11-32-24)23(30)28(20)21-13-15(26)7-8-19(21)27/h1-2,4-9,12-13H,3,10-11H2. The predicted molar refractivity (Wildman–Crippen MR) is 113 cm³/mol. The number of anilines is 2. The van der Waals surface area contributed by atoms with Gasteiger partial charge >= 0.3 is 0 Å². The number of amides is 1. The Labute approximate surface area is 187 Å². The number of benzene rings is 3. The predicted octanol–water partition coefficient (Wildman–Crippen LogP) is 5.12. The van der Waals surface area contributed by atoms with Crippen molar-refractivity contribution in [2.45, 2.75) is 12.2 Å². The van der Waals surface area contributed by atoms with Gasteiger partial charge in [-0.25, -0.2) is 8.78 Å². The molecule has 0 N–H and O–H groups in total. The monoisotopic (exact) mass is 455 g/mol. The molecule has 32 heavy (non-hydrogen) atoms. The van der Waals surface area contributed by atoms with Crippen LogP contribution in [0.3, 0.4) is 0 Å². The van der Waals surface area contributed by atoms with Gasteiger partial charge in [0, 0.05) is 22.8 Å². The van der Waals surface area contributed by atoms with Gasteiger partial charge in [-0.3, -0.25) is 14.5 Å². The minimum Gasteiger partial charge on any atom is -0.338 e. The normalized spacial score (nSPS) is 17.0. The number of carbonyl (C=O) groups excluding carboxylic acids is 2. The average Bonchev–Trinajstić information content (AvgIpc) is 3.03. The molecule has 0 bridgehead atoms. The van der Waals surface area contributed by atoms with Crippen LogP contribution < -0.4 is 4.90 Å². The van der Waals surface area contributed by atoms with Gasteiger partial charge in [-0.05, 0) is 48.9 Å². The molecule has 0 aliphatic carbocycles. The molecule has 0 unspecified atom stereocenters. The maximum Gasteiger partial charge on any atom is 0.297 e. The Hall–Kier alpha value is -3.13. The van der Waals surface area contributed by atoms with E-state index >= 15 is 0 Å². The van der Waals surface area contributed by atoms with Gasteiger partial charge in [0.15, 0.2) is 5.78 Å². The smallest absolute Gasteiger partial charge is 0.297 e. The number of halogens is 3. The summed E-state index contributed by atoms with van der Waals surface area (Å²) in [6.45, 7) is 0.459. The molecule has 1 saturated heterocycles. The van der Waals surface area contributed by atoms with E-state index in [1.54, 1.807) is 24.3 Å². The Bertz CT molecular complexity index is 1260. The highest BCUT2D eigenvalue weighted by Crippen LogP contribution is 2.49. The molecule has 0 aromatic heterocycles. The third-order valence-electron chi connectivity index (χ3n) is 5.51. The number of nitrogens with zero attached hydrogens (tertiary/aromatic N) is 1. The van der Waals surface area contributed by atoms with Crippen LogP contribution in [0.4, 0.5) is 20.2 Å². The van der Waals surface area contributed by atoms with Crippen LogP contribution in [0, 0.1) is 11.6 Å². The summed E-state index contributed by atoms with van der Waals surface area (Å²) >= 11 is 6.18. The minimum absolute atomic E-state index is 0.230. The molecule has 162 valence electrons. The summed E-state index contributed by atoms with van der Waals surface area (Å²) in [5, 5.41) is 0.289. The number of fused-ring (bicyclic) bond motifs is 2. The molecule has 0 saturated carbocycles. The summed E-state index contributed by atoms with van der Waals surface area (Å²) < 4.78 is 40.1. The molecule has 2 aliphatic heterocycles. The van der Waals surface area contributed by atoms with Crippen molar-refractivity contribution in [3.8, 4) is 0 Å². The lowest BCUT2D eigenvalue weighted by Crippen LogP contribution is -2.46. The van der Waals surface area contributed by atoms with Gasteiger partial charge in [-0.2, -0.15) is 0 Å². The molecule has 1 amide bonds. The van der Waals surface area contributed by atoms with E-state index in [2.05, 4.69) is 0 Å². The second-order valence-electron chi connectivity index (χ2n) is 7.44. The number of hydrogen-bond donors (Lipinski definition) is 0. The van der Waals surface area contributed by atoms with Crippen molar-refractivity contribution in [2.24, 2.45) is 0 Å². The quantitative estimate of drug-likeness (QED) is 0.514. The van der Waals surface area contributed by atoms with Gasteiger partial charge in [0.1, 0.15) is 11.6 Å². The van der Waals surface area contributed by atoms with Crippen LogP contribution in [0.5, 0.6) is 0 Å². The number of ether oxygens (including phenoxy) is 2. The van der Waals surface area contributed by atoms with E-state index in [0.717, 1.165) is 23.1 Å². The van der Waals surface area contributed by atoms with Crippen LogP contribution in [-0.4, -0.2) is 24.9 Å². The lowest BCUT2D eigenvalue weighted by atomic mass is 9.97. The Kier molecular flexibility index (Phi) is 5.04. The molecular formula is C24H16ClF2NO4. The van der Waals surface area contributed by atoms with Crippen molar-refractivity contribution in [2.75, 3.05) is 18.1 Å². The van der Waals surface area contributed by atoms with Crippen LogP contribution in [0.25, 0.3) is 0 Å². The lowest BCUT2D eigenvalue weighted by Gasteiger charge is -2.32. The highest BCUT2D eigenvalue weighted by Gasteiger charge is 2.56. The van der Waals surface area contributed by atoms with Crippen molar-refractivity contribution in [3.05, 3.63) is 94.0 Å². The highest BCUT2D eigenvalue weighted by atomic mass is 35.5. The lowest BCUT2D eigenvalue weighted by molar-refractivity contribution is -0.256. The van der Waals surface area contributed by atoms with Crippen LogP contribution in [0.2, 0.25) is 5.02 Å². The van der Waals surface area contributed by atoms with Crippen molar-refractivity contribution < 1.29 is 27.8 Å². The van der Waals surface area contributed by atoms with E-state index < -0.39 is 23.3 Å². The fraction of sp³-hybridized carbons (Fsp3) is 0.167. The number of carbonyl (C=O) groups is 2. The first-order chi connectivity index (χ1) is 15.4. The second-order valence-corrected chi connectivity index (χ2v) is 7.85. The van der Waals surface area contributed by atoms with Gasteiger partial charge in [0.2, 0.25) is 0 Å². The van der Waals surface area contributed by atoms with E-state index in [9.17, 15) is 18.4 Å². The maximum atomic E-state index is 14.6. The van der Waals surface area contributed by atoms with Gasteiger partial charge in [0.05, 0.1) is 29.6 Å². The molecule has 0 atom stereocenters. The first kappa shape index (κ1) is 20.8. The molecule has 3 aromatic carbocycles. The van der Waals surface area contributed by atoms with E-state index in [0.29, 0.717) is 12.0 Å². The van der Waals surface area contributed by atoms with Crippen LogP contribution in [-0.2, 0) is 20.1 Å². The minimum atomic E-state index is -1.84. The average molecular weight is 456 g/mol. The molecular weight excluding hydrogens is 440 g/mol. The van der Waals surface area contributed by atoms with Crippen molar-refractivity contribution in [1.82, 2.24) is 0 Å². The van der Waals surface area contributed by atoms with E-state index in [1.165, 1.54) is 18.2 Å². The van der Waals surface area contributed by atoms with Crippen LogP contribution in [0.1, 0.15) is 27.9 Å². The molecule has 1 fully saturated rings. The number of ketones is 1. The van der Waals surface area contributed by atoms with E-state index in [4.69, 9.17) is 21.1 Å². The van der Waals surface area contributed by atoms with Crippen molar-refractivity contribution in [1.29, 1.82) is 0 Å². The molecule has 5 rings (SSSR count). The topological polar surface area (TPSA) is 55.8 Å². The fourth-order valence-corrected chi connectivity index (χ4v) is 4.24. The third-order valence-corrected chi connectivity index (χ3v) is 5.84. The van der Waals surface area contributed by atoms with Crippen molar-refractivity contribution >= 4 is 34.7 Å². The van der Waals surface area contributed by atoms with Gasteiger partial charge in [-0.15, -0.1) is 0 Å². The summed E-state index contributed by atoms with van der Waals surface area (Å²) in [5.74, 6) is -4.39. The summed E-state index contributed by atoms with van der Waals surface area (Å²) in [5.41, 5.74) is 0.784. The second kappa shape index (κ2) is 7.78.